The van der Waals surface area contributed by atoms with Crippen molar-refractivity contribution in [1.29, 1.82) is 0 Å². The minimum absolute atomic E-state index is 0.139. The third kappa shape index (κ3) is 3.92. The number of ether oxygens (including phenoxy) is 1. The lowest BCUT2D eigenvalue weighted by molar-refractivity contribution is -0.170. The van der Waals surface area contributed by atoms with Crippen LogP contribution in [0.25, 0.3) is 0 Å². The molecule has 0 unspecified atom stereocenters. The number of rotatable bonds is 5. The van der Waals surface area contributed by atoms with E-state index in [0.29, 0.717) is 6.42 Å². The number of hydrogen-bond acceptors (Lipinski definition) is 4. The van der Waals surface area contributed by atoms with Crippen LogP contribution in [0.2, 0.25) is 5.04 Å². The van der Waals surface area contributed by atoms with Crippen LogP contribution in [0.4, 0.5) is 0 Å². The van der Waals surface area contributed by atoms with Gasteiger partial charge in [0.2, 0.25) is 0 Å². The molecule has 1 fully saturated rings. The van der Waals surface area contributed by atoms with Gasteiger partial charge in [0.25, 0.3) is 8.32 Å². The fourth-order valence-electron chi connectivity index (χ4n) is 4.03. The number of cyclic esters (lactones) is 1. The summed E-state index contributed by atoms with van der Waals surface area (Å²) in [4.78, 5) is 12.0. The van der Waals surface area contributed by atoms with Crippen molar-refractivity contribution in [3.63, 3.8) is 0 Å². The fraction of sp³-hybridized carbons (Fsp3) is 0.435. The van der Waals surface area contributed by atoms with Crippen LogP contribution in [-0.4, -0.2) is 38.2 Å². The molecule has 0 aliphatic carbocycles. The van der Waals surface area contributed by atoms with Crippen LogP contribution >= 0.6 is 0 Å². The zero-order chi connectivity index (χ0) is 20.4. The highest BCUT2D eigenvalue weighted by molar-refractivity contribution is 6.99. The Kier molecular flexibility index (Phi) is 6.08. The predicted molar refractivity (Wildman–Crippen MR) is 113 cm³/mol. The van der Waals surface area contributed by atoms with Crippen molar-refractivity contribution in [2.45, 2.75) is 51.4 Å². The SMILES string of the molecule is C[C@H]1C(=O)O[C@H](CO[Si](c2ccccc2)(c2ccccc2)C(C)(C)C)C[C@@H]1O. The Morgan fingerprint density at radius 3 is 1.96 bits per heavy atom. The lowest BCUT2D eigenvalue weighted by atomic mass is 9.96. The zero-order valence-corrected chi connectivity index (χ0v) is 18.1. The molecule has 28 heavy (non-hydrogen) atoms. The van der Waals surface area contributed by atoms with Crippen molar-refractivity contribution in [2.24, 2.45) is 5.92 Å². The van der Waals surface area contributed by atoms with Gasteiger partial charge in [-0.25, -0.2) is 0 Å². The van der Waals surface area contributed by atoms with Gasteiger partial charge in [0.15, 0.2) is 0 Å². The van der Waals surface area contributed by atoms with Gasteiger partial charge in [0.1, 0.15) is 6.10 Å². The van der Waals surface area contributed by atoms with Gasteiger partial charge in [-0.2, -0.15) is 0 Å². The first-order valence-corrected chi connectivity index (χ1v) is 11.8. The maximum atomic E-state index is 12.0. The largest absolute Gasteiger partial charge is 0.460 e. The number of esters is 1. The van der Waals surface area contributed by atoms with E-state index >= 15 is 0 Å². The van der Waals surface area contributed by atoms with E-state index < -0.39 is 26.4 Å². The second kappa shape index (κ2) is 8.19. The van der Waals surface area contributed by atoms with E-state index in [2.05, 4.69) is 45.0 Å². The van der Waals surface area contributed by atoms with Gasteiger partial charge in [-0.3, -0.25) is 4.79 Å². The van der Waals surface area contributed by atoms with Gasteiger partial charge in [-0.05, 0) is 22.3 Å². The Morgan fingerprint density at radius 2 is 1.54 bits per heavy atom. The maximum Gasteiger partial charge on any atom is 0.311 e. The fourth-order valence-corrected chi connectivity index (χ4v) is 8.62. The molecule has 5 heteroatoms. The molecule has 1 N–H and O–H groups in total. The molecule has 1 aliphatic heterocycles. The van der Waals surface area contributed by atoms with Crippen molar-refractivity contribution in [3.05, 3.63) is 60.7 Å². The molecule has 1 aliphatic rings. The molecule has 4 nitrogen and oxygen atoms in total. The number of carbonyl (C=O) groups excluding carboxylic acids is 1. The van der Waals surface area contributed by atoms with Crippen LogP contribution in [0.1, 0.15) is 34.1 Å². The second-order valence-corrected chi connectivity index (χ2v) is 12.9. The minimum atomic E-state index is -2.67. The van der Waals surface area contributed by atoms with E-state index in [1.807, 2.05) is 36.4 Å². The molecule has 3 atom stereocenters. The molecule has 150 valence electrons. The topological polar surface area (TPSA) is 55.8 Å². The summed E-state index contributed by atoms with van der Waals surface area (Å²) in [5.74, 6) is -0.834. The quantitative estimate of drug-likeness (QED) is 0.622. The van der Waals surface area contributed by atoms with E-state index in [9.17, 15) is 9.90 Å². The van der Waals surface area contributed by atoms with Gasteiger partial charge in [0, 0.05) is 6.42 Å². The molecular weight excluding hydrogens is 368 g/mol. The number of aliphatic hydroxyl groups is 1. The summed E-state index contributed by atoms with van der Waals surface area (Å²) in [7, 11) is -2.67. The van der Waals surface area contributed by atoms with Crippen LogP contribution in [0.5, 0.6) is 0 Å². The maximum absolute atomic E-state index is 12.0. The van der Waals surface area contributed by atoms with E-state index in [-0.39, 0.29) is 17.6 Å². The molecule has 0 aromatic heterocycles. The van der Waals surface area contributed by atoms with E-state index in [1.54, 1.807) is 6.92 Å². The van der Waals surface area contributed by atoms with Crippen molar-refractivity contribution < 1.29 is 19.1 Å². The van der Waals surface area contributed by atoms with Crippen LogP contribution in [0, 0.1) is 5.92 Å². The summed E-state index contributed by atoms with van der Waals surface area (Å²) in [6, 6.07) is 20.7. The van der Waals surface area contributed by atoms with Gasteiger partial charge < -0.3 is 14.3 Å². The summed E-state index contributed by atoms with van der Waals surface area (Å²) >= 11 is 0. The van der Waals surface area contributed by atoms with E-state index in [4.69, 9.17) is 9.16 Å². The predicted octanol–water partition coefficient (Wildman–Crippen LogP) is 2.88. The van der Waals surface area contributed by atoms with Crippen LogP contribution < -0.4 is 10.4 Å². The number of benzene rings is 2. The summed E-state index contributed by atoms with van der Waals surface area (Å²) in [5.41, 5.74) is 0. The standard InChI is InChI=1S/C23H30O4Si/c1-17-21(24)15-18(27-22(17)25)16-26-28(23(2,3)4,19-11-7-5-8-12-19)20-13-9-6-10-14-20/h5-14,17-18,21,24H,15-16H2,1-4H3/t17-,18+,21+/m1/s1. The average molecular weight is 399 g/mol. The Labute approximate surface area is 168 Å². The first kappa shape index (κ1) is 20.8. The van der Waals surface area contributed by atoms with Crippen LogP contribution in [-0.2, 0) is 14.0 Å². The molecule has 2 aromatic carbocycles. The molecule has 1 heterocycles. The van der Waals surface area contributed by atoms with Crippen molar-refractivity contribution >= 4 is 24.7 Å². The molecule has 1 saturated heterocycles. The second-order valence-electron chi connectivity index (χ2n) is 8.62. The van der Waals surface area contributed by atoms with Gasteiger partial charge in [-0.1, -0.05) is 81.4 Å². The third-order valence-electron chi connectivity index (χ3n) is 5.64. The monoisotopic (exact) mass is 398 g/mol. The molecule has 0 bridgehead atoms. The molecule has 0 amide bonds. The van der Waals surface area contributed by atoms with Crippen LogP contribution in [0.3, 0.4) is 0 Å². The van der Waals surface area contributed by atoms with Crippen molar-refractivity contribution in [3.8, 4) is 0 Å². The molecular formula is C23H30O4Si. The number of hydrogen-bond donors (Lipinski definition) is 1. The van der Waals surface area contributed by atoms with Crippen LogP contribution in [0.15, 0.2) is 60.7 Å². The smallest absolute Gasteiger partial charge is 0.311 e. The Morgan fingerprint density at radius 1 is 1.04 bits per heavy atom. The normalized spacial score (nSPS) is 23.3. The first-order chi connectivity index (χ1) is 13.3. The lowest BCUT2D eigenvalue weighted by Crippen LogP contribution is -2.67. The third-order valence-corrected chi connectivity index (χ3v) is 10.6. The summed E-state index contributed by atoms with van der Waals surface area (Å²) in [6.07, 6.45) is -0.708. The summed E-state index contributed by atoms with van der Waals surface area (Å²) in [6.45, 7) is 8.62. The number of carbonyl (C=O) groups is 1. The van der Waals surface area contributed by atoms with E-state index in [0.717, 1.165) is 0 Å². The lowest BCUT2D eigenvalue weighted by Gasteiger charge is -2.44. The highest BCUT2D eigenvalue weighted by Gasteiger charge is 2.50. The van der Waals surface area contributed by atoms with E-state index in [1.165, 1.54) is 10.4 Å². The Bertz CT molecular complexity index is 746. The summed E-state index contributed by atoms with van der Waals surface area (Å²) < 4.78 is 12.3. The van der Waals surface area contributed by atoms with Gasteiger partial charge in [0.05, 0.1) is 18.6 Å². The van der Waals surface area contributed by atoms with Crippen molar-refractivity contribution in [1.82, 2.24) is 0 Å². The van der Waals surface area contributed by atoms with Gasteiger partial charge in [-0.15, -0.1) is 0 Å². The first-order valence-electron chi connectivity index (χ1n) is 9.89. The molecule has 0 saturated carbocycles. The zero-order valence-electron chi connectivity index (χ0n) is 17.1. The van der Waals surface area contributed by atoms with Crippen molar-refractivity contribution in [2.75, 3.05) is 6.61 Å². The summed E-state index contributed by atoms with van der Waals surface area (Å²) in [5, 5.41) is 12.4. The molecule has 0 radical (unpaired) electrons. The highest BCUT2D eigenvalue weighted by Crippen LogP contribution is 2.37. The molecule has 0 spiro atoms. The minimum Gasteiger partial charge on any atom is -0.460 e. The van der Waals surface area contributed by atoms with Gasteiger partial charge >= 0.3 is 5.97 Å². The highest BCUT2D eigenvalue weighted by atomic mass is 28.4. The molecule has 2 aromatic rings. The molecule has 3 rings (SSSR count). The average Bonchev–Trinajstić information content (AvgIpc) is 2.67. The number of aliphatic hydroxyl groups excluding tert-OH is 1. The Balaban J connectivity index is 1.98. The Hall–Kier alpha value is -1.95.